The van der Waals surface area contributed by atoms with Crippen LogP contribution in [0.4, 0.5) is 4.79 Å². The van der Waals surface area contributed by atoms with E-state index in [2.05, 4.69) is 34.2 Å². The van der Waals surface area contributed by atoms with Crippen LogP contribution in [0.15, 0.2) is 30.6 Å². The van der Waals surface area contributed by atoms with Gasteiger partial charge in [-0.3, -0.25) is 0 Å². The average Bonchev–Trinajstić information content (AvgIpc) is 3.49. The van der Waals surface area contributed by atoms with Crippen molar-refractivity contribution in [2.45, 2.75) is 71.1 Å². The van der Waals surface area contributed by atoms with Crippen LogP contribution < -0.4 is 0 Å². The van der Waals surface area contributed by atoms with E-state index < -0.39 is 5.60 Å². The summed E-state index contributed by atoms with van der Waals surface area (Å²) in [5.74, 6) is -0.224. The lowest BCUT2D eigenvalue weighted by molar-refractivity contribution is 0.0221. The number of nitriles is 1. The Kier molecular flexibility index (Phi) is 6.02. The highest BCUT2D eigenvalue weighted by molar-refractivity contribution is 5.85. The molecule has 5 rings (SSSR count). The van der Waals surface area contributed by atoms with E-state index in [0.717, 1.165) is 52.5 Å². The molecular formula is C28H32N4O3. The van der Waals surface area contributed by atoms with Crippen molar-refractivity contribution in [1.29, 1.82) is 5.26 Å². The fourth-order valence-corrected chi connectivity index (χ4v) is 5.21. The molecule has 0 radical (unpaired) electrons. The van der Waals surface area contributed by atoms with Crippen molar-refractivity contribution in [3.63, 3.8) is 0 Å². The summed E-state index contributed by atoms with van der Waals surface area (Å²) in [4.78, 5) is 22.8. The standard InChI is InChI=1S/C28H32N4O3/c1-17(13-29)23-15-31-26-22(23)12-20(14-30-26)19-10-18-7-9-34-16-24(18)21(11-19)25-6-5-8-32(25)27(33)35-28(2,3)4/h10-12,14-15,17,25H,5-9,16H2,1-4H3,(H,30,31)/t17?,25-/m0/s1. The SMILES string of the molecule is CC(C#N)c1c[nH]c2ncc(-c3cc4c(c([C@@H]5CCCN5C(=O)OC(C)(C)C)c3)COCC4)cc12. The minimum atomic E-state index is -0.537. The summed E-state index contributed by atoms with van der Waals surface area (Å²) in [7, 11) is 0. The number of rotatable bonds is 3. The summed E-state index contributed by atoms with van der Waals surface area (Å²) in [5.41, 5.74) is 6.86. The number of hydrogen-bond acceptors (Lipinski definition) is 5. The van der Waals surface area contributed by atoms with Crippen LogP contribution in [0.25, 0.3) is 22.2 Å². The first kappa shape index (κ1) is 23.4. The van der Waals surface area contributed by atoms with Crippen LogP contribution in [0.5, 0.6) is 0 Å². The number of likely N-dealkylation sites (tertiary alicyclic amines) is 1. The Balaban J connectivity index is 1.59. The second-order valence-electron chi connectivity index (χ2n) is 10.6. The summed E-state index contributed by atoms with van der Waals surface area (Å²) in [6.07, 6.45) is 6.17. The molecule has 1 N–H and O–H groups in total. The van der Waals surface area contributed by atoms with Crippen LogP contribution >= 0.6 is 0 Å². The van der Waals surface area contributed by atoms with Gasteiger partial charge in [-0.25, -0.2) is 9.78 Å². The number of pyridine rings is 1. The van der Waals surface area contributed by atoms with Crippen molar-refractivity contribution in [3.05, 3.63) is 52.8 Å². The smallest absolute Gasteiger partial charge is 0.410 e. The number of aromatic nitrogens is 2. The molecule has 0 saturated carbocycles. The van der Waals surface area contributed by atoms with Crippen LogP contribution in [0.1, 0.15) is 74.8 Å². The second kappa shape index (κ2) is 9.01. The maximum atomic E-state index is 13.0. The van der Waals surface area contributed by atoms with E-state index in [1.165, 1.54) is 11.1 Å². The molecule has 0 aliphatic carbocycles. The van der Waals surface area contributed by atoms with E-state index in [9.17, 15) is 10.1 Å². The zero-order chi connectivity index (χ0) is 24.7. The Morgan fingerprint density at radius 3 is 2.91 bits per heavy atom. The van der Waals surface area contributed by atoms with Gasteiger partial charge in [0.05, 0.1) is 31.2 Å². The van der Waals surface area contributed by atoms with Crippen LogP contribution in [0.2, 0.25) is 0 Å². The molecule has 1 saturated heterocycles. The number of amides is 1. The summed E-state index contributed by atoms with van der Waals surface area (Å²) in [6.45, 7) is 9.54. The molecule has 0 bridgehead atoms. The lowest BCUT2D eigenvalue weighted by Crippen LogP contribution is -2.36. The summed E-state index contributed by atoms with van der Waals surface area (Å²) < 4.78 is 11.6. The van der Waals surface area contributed by atoms with Gasteiger partial charge < -0.3 is 19.4 Å². The number of aromatic amines is 1. The highest BCUT2D eigenvalue weighted by Gasteiger charge is 2.35. The van der Waals surface area contributed by atoms with Crippen LogP contribution in [0.3, 0.4) is 0 Å². The lowest BCUT2D eigenvalue weighted by atomic mass is 9.88. The van der Waals surface area contributed by atoms with Gasteiger partial charge in [0.25, 0.3) is 0 Å². The number of hydrogen-bond donors (Lipinski definition) is 1. The van der Waals surface area contributed by atoms with Gasteiger partial charge >= 0.3 is 6.09 Å². The van der Waals surface area contributed by atoms with E-state index in [0.29, 0.717) is 19.8 Å². The Morgan fingerprint density at radius 2 is 2.14 bits per heavy atom. The minimum absolute atomic E-state index is 0.0432. The first-order valence-corrected chi connectivity index (χ1v) is 12.3. The first-order valence-electron chi connectivity index (χ1n) is 12.3. The molecule has 2 aliphatic heterocycles. The van der Waals surface area contributed by atoms with Crippen molar-refractivity contribution < 1.29 is 14.3 Å². The maximum Gasteiger partial charge on any atom is 0.410 e. The maximum absolute atomic E-state index is 13.0. The largest absolute Gasteiger partial charge is 0.444 e. The number of carbonyl (C=O) groups is 1. The van der Waals surface area contributed by atoms with Crippen molar-refractivity contribution in [2.24, 2.45) is 0 Å². The van der Waals surface area contributed by atoms with Crippen molar-refractivity contribution >= 4 is 17.1 Å². The second-order valence-corrected chi connectivity index (χ2v) is 10.6. The molecule has 1 aromatic carbocycles. The number of nitrogens with zero attached hydrogens (tertiary/aromatic N) is 3. The van der Waals surface area contributed by atoms with E-state index in [1.54, 1.807) is 0 Å². The van der Waals surface area contributed by atoms with Gasteiger partial charge in [0.2, 0.25) is 0 Å². The number of fused-ring (bicyclic) bond motifs is 2. The van der Waals surface area contributed by atoms with Gasteiger partial charge in [-0.05, 0) is 86.9 Å². The summed E-state index contributed by atoms with van der Waals surface area (Å²) >= 11 is 0. The van der Waals surface area contributed by atoms with Gasteiger partial charge in [0.15, 0.2) is 0 Å². The van der Waals surface area contributed by atoms with Gasteiger partial charge in [-0.2, -0.15) is 5.26 Å². The Labute approximate surface area is 206 Å². The number of ether oxygens (including phenoxy) is 2. The van der Waals surface area contributed by atoms with E-state index in [4.69, 9.17) is 9.47 Å². The molecular weight excluding hydrogens is 440 g/mol. The van der Waals surface area contributed by atoms with E-state index in [-0.39, 0.29) is 18.1 Å². The number of nitrogens with one attached hydrogen (secondary N) is 1. The molecule has 2 atom stereocenters. The third-order valence-corrected chi connectivity index (χ3v) is 6.94. The van der Waals surface area contributed by atoms with Gasteiger partial charge in [-0.15, -0.1) is 0 Å². The molecule has 182 valence electrons. The molecule has 1 unspecified atom stereocenters. The van der Waals surface area contributed by atoms with Crippen molar-refractivity contribution in [2.75, 3.05) is 13.2 Å². The monoisotopic (exact) mass is 472 g/mol. The lowest BCUT2D eigenvalue weighted by Gasteiger charge is -2.31. The Morgan fingerprint density at radius 1 is 1.31 bits per heavy atom. The fraction of sp³-hybridized carbons (Fsp3) is 0.464. The topological polar surface area (TPSA) is 91.2 Å². The minimum Gasteiger partial charge on any atom is -0.444 e. The average molecular weight is 473 g/mol. The Bertz CT molecular complexity index is 1310. The molecule has 2 aromatic heterocycles. The van der Waals surface area contributed by atoms with E-state index >= 15 is 0 Å². The van der Waals surface area contributed by atoms with Crippen LogP contribution in [0, 0.1) is 11.3 Å². The zero-order valence-corrected chi connectivity index (χ0v) is 20.9. The summed E-state index contributed by atoms with van der Waals surface area (Å²) in [6, 6.07) is 8.83. The first-order chi connectivity index (χ1) is 16.7. The molecule has 3 aromatic rings. The fourth-order valence-electron chi connectivity index (χ4n) is 5.21. The molecule has 4 heterocycles. The van der Waals surface area contributed by atoms with E-state index in [1.807, 2.05) is 45.0 Å². The van der Waals surface area contributed by atoms with Gasteiger partial charge in [0, 0.05) is 29.9 Å². The molecule has 7 heteroatoms. The molecule has 35 heavy (non-hydrogen) atoms. The van der Waals surface area contributed by atoms with Gasteiger partial charge in [0.1, 0.15) is 11.2 Å². The van der Waals surface area contributed by atoms with Crippen LogP contribution in [-0.4, -0.2) is 39.7 Å². The van der Waals surface area contributed by atoms with Gasteiger partial charge in [-0.1, -0.05) is 6.07 Å². The molecule has 7 nitrogen and oxygen atoms in total. The normalized spacial score (nSPS) is 18.8. The highest BCUT2D eigenvalue weighted by Crippen LogP contribution is 2.40. The highest BCUT2D eigenvalue weighted by atomic mass is 16.6. The predicted molar refractivity (Wildman–Crippen MR) is 134 cm³/mol. The van der Waals surface area contributed by atoms with Crippen molar-refractivity contribution in [1.82, 2.24) is 14.9 Å². The number of carbonyl (C=O) groups excluding carboxylic acids is 1. The quantitative estimate of drug-likeness (QED) is 0.505. The molecule has 0 spiro atoms. The third-order valence-electron chi connectivity index (χ3n) is 6.94. The molecule has 1 amide bonds. The Hall–Kier alpha value is -3.37. The number of benzene rings is 1. The third kappa shape index (κ3) is 4.51. The molecule has 2 aliphatic rings. The zero-order valence-electron chi connectivity index (χ0n) is 20.9. The molecule has 1 fully saturated rings. The van der Waals surface area contributed by atoms with Crippen molar-refractivity contribution in [3.8, 4) is 17.2 Å². The van der Waals surface area contributed by atoms with Crippen LogP contribution in [-0.2, 0) is 22.5 Å². The predicted octanol–water partition coefficient (Wildman–Crippen LogP) is 6.00. The number of H-pyrrole nitrogens is 1. The summed E-state index contributed by atoms with van der Waals surface area (Å²) in [5, 5.41) is 10.4.